The molecule has 13 heavy (non-hydrogen) atoms. The lowest BCUT2D eigenvalue weighted by Crippen LogP contribution is -2.03. The standard InChI is InChI=1S/C8H6Cl3NO/c9-3-6(13)4-1-2-5(10)8(12)7(4)11/h1-2H,3,12H2. The predicted molar refractivity (Wildman–Crippen MR) is 55.9 cm³/mol. The minimum absolute atomic E-state index is 0.124. The molecule has 70 valence electrons. The second-order valence-electron chi connectivity index (χ2n) is 2.38. The maximum Gasteiger partial charge on any atom is 0.179 e. The molecule has 0 saturated carbocycles. The van der Waals surface area contributed by atoms with Crippen LogP contribution in [0.3, 0.4) is 0 Å². The lowest BCUT2D eigenvalue weighted by molar-refractivity contribution is 0.102. The second kappa shape index (κ2) is 4.18. The summed E-state index contributed by atoms with van der Waals surface area (Å²) >= 11 is 16.8. The number of nitrogens with two attached hydrogens (primary N) is 1. The van der Waals surface area contributed by atoms with Crippen molar-refractivity contribution in [2.45, 2.75) is 0 Å². The Labute approximate surface area is 90.6 Å². The Balaban J connectivity index is 3.26. The number of nitrogen functional groups attached to an aromatic ring is 1. The van der Waals surface area contributed by atoms with E-state index in [0.29, 0.717) is 10.6 Å². The van der Waals surface area contributed by atoms with Gasteiger partial charge in [-0.2, -0.15) is 0 Å². The Bertz CT molecular complexity index is 351. The molecule has 0 aliphatic rings. The molecule has 0 radical (unpaired) electrons. The van der Waals surface area contributed by atoms with E-state index in [2.05, 4.69) is 0 Å². The molecule has 0 atom stereocenters. The Morgan fingerprint density at radius 3 is 2.54 bits per heavy atom. The van der Waals surface area contributed by atoms with E-state index in [1.807, 2.05) is 0 Å². The van der Waals surface area contributed by atoms with Gasteiger partial charge < -0.3 is 5.73 Å². The van der Waals surface area contributed by atoms with Gasteiger partial charge in [-0.1, -0.05) is 23.2 Å². The number of Topliss-reactive ketones (excluding diaryl/α,β-unsaturated/α-hetero) is 1. The molecule has 5 heteroatoms. The van der Waals surface area contributed by atoms with E-state index in [-0.39, 0.29) is 22.4 Å². The van der Waals surface area contributed by atoms with Crippen molar-refractivity contribution in [1.29, 1.82) is 0 Å². The van der Waals surface area contributed by atoms with E-state index in [1.54, 1.807) is 0 Å². The topological polar surface area (TPSA) is 43.1 Å². The zero-order chi connectivity index (χ0) is 10.0. The van der Waals surface area contributed by atoms with E-state index >= 15 is 0 Å². The van der Waals surface area contributed by atoms with Crippen LogP contribution in [0.15, 0.2) is 12.1 Å². The fraction of sp³-hybridized carbons (Fsp3) is 0.125. The van der Waals surface area contributed by atoms with Gasteiger partial charge in [0.1, 0.15) is 0 Å². The van der Waals surface area contributed by atoms with E-state index in [4.69, 9.17) is 40.5 Å². The molecule has 2 N–H and O–H groups in total. The van der Waals surface area contributed by atoms with Crippen LogP contribution >= 0.6 is 34.8 Å². The van der Waals surface area contributed by atoms with Crippen molar-refractivity contribution in [1.82, 2.24) is 0 Å². The van der Waals surface area contributed by atoms with Crippen molar-refractivity contribution in [3.8, 4) is 0 Å². The summed E-state index contributed by atoms with van der Waals surface area (Å²) in [6.07, 6.45) is 0. The predicted octanol–water partition coefficient (Wildman–Crippen LogP) is 3.00. The Hall–Kier alpha value is -0.440. The van der Waals surface area contributed by atoms with Crippen LogP contribution in [0.25, 0.3) is 0 Å². The highest BCUT2D eigenvalue weighted by molar-refractivity contribution is 6.42. The van der Waals surface area contributed by atoms with E-state index in [0.717, 1.165) is 0 Å². The first-order valence-corrected chi connectivity index (χ1v) is 4.69. The highest BCUT2D eigenvalue weighted by Crippen LogP contribution is 2.30. The number of carbonyl (C=O) groups is 1. The summed E-state index contributed by atoms with van der Waals surface area (Å²) in [6, 6.07) is 3.02. The van der Waals surface area contributed by atoms with Gasteiger partial charge in [0, 0.05) is 5.56 Å². The van der Waals surface area contributed by atoms with Crippen LogP contribution in [0.4, 0.5) is 5.69 Å². The third kappa shape index (κ3) is 2.08. The third-order valence-electron chi connectivity index (χ3n) is 1.55. The Kier molecular flexibility index (Phi) is 3.42. The van der Waals surface area contributed by atoms with Crippen LogP contribution in [0.2, 0.25) is 10.0 Å². The summed E-state index contributed by atoms with van der Waals surface area (Å²) in [5.74, 6) is -0.393. The van der Waals surface area contributed by atoms with Crippen molar-refractivity contribution in [2.24, 2.45) is 0 Å². The van der Waals surface area contributed by atoms with Gasteiger partial charge in [0.15, 0.2) is 5.78 Å². The maximum absolute atomic E-state index is 11.2. The van der Waals surface area contributed by atoms with Crippen molar-refractivity contribution in [3.63, 3.8) is 0 Å². The molecule has 0 aromatic heterocycles. The van der Waals surface area contributed by atoms with Gasteiger partial charge in [0.05, 0.1) is 21.6 Å². The van der Waals surface area contributed by atoms with Crippen LogP contribution in [-0.2, 0) is 0 Å². The molecule has 0 amide bonds. The maximum atomic E-state index is 11.2. The molecular weight excluding hydrogens is 232 g/mol. The van der Waals surface area contributed by atoms with Crippen LogP contribution in [-0.4, -0.2) is 11.7 Å². The Morgan fingerprint density at radius 1 is 1.38 bits per heavy atom. The minimum atomic E-state index is -0.268. The molecular formula is C8H6Cl3NO. The van der Waals surface area contributed by atoms with Gasteiger partial charge in [-0.25, -0.2) is 0 Å². The average molecular weight is 239 g/mol. The number of hydrogen-bond acceptors (Lipinski definition) is 2. The largest absolute Gasteiger partial charge is 0.396 e. The van der Waals surface area contributed by atoms with Gasteiger partial charge in [-0.15, -0.1) is 11.6 Å². The first-order chi connectivity index (χ1) is 6.07. The molecule has 2 nitrogen and oxygen atoms in total. The third-order valence-corrected chi connectivity index (χ3v) is 2.53. The van der Waals surface area contributed by atoms with Crippen molar-refractivity contribution >= 4 is 46.3 Å². The molecule has 0 saturated heterocycles. The molecule has 0 spiro atoms. The molecule has 1 aromatic rings. The molecule has 1 rings (SSSR count). The van der Waals surface area contributed by atoms with Crippen LogP contribution < -0.4 is 5.73 Å². The normalized spacial score (nSPS) is 10.1. The summed E-state index contributed by atoms with van der Waals surface area (Å²) < 4.78 is 0. The van der Waals surface area contributed by atoms with Crippen molar-refractivity contribution in [3.05, 3.63) is 27.7 Å². The minimum Gasteiger partial charge on any atom is -0.396 e. The molecule has 1 aromatic carbocycles. The number of alkyl halides is 1. The van der Waals surface area contributed by atoms with Gasteiger partial charge in [0.2, 0.25) is 0 Å². The molecule has 0 heterocycles. The lowest BCUT2D eigenvalue weighted by Gasteiger charge is -2.05. The van der Waals surface area contributed by atoms with Crippen molar-refractivity contribution in [2.75, 3.05) is 11.6 Å². The zero-order valence-corrected chi connectivity index (χ0v) is 8.75. The summed E-state index contributed by atoms with van der Waals surface area (Å²) in [7, 11) is 0. The Morgan fingerprint density at radius 2 is 2.00 bits per heavy atom. The number of rotatable bonds is 2. The average Bonchev–Trinajstić information content (AvgIpc) is 2.13. The van der Waals surface area contributed by atoms with E-state index in [9.17, 15) is 4.79 Å². The van der Waals surface area contributed by atoms with Crippen LogP contribution in [0.5, 0.6) is 0 Å². The number of halogens is 3. The fourth-order valence-electron chi connectivity index (χ4n) is 0.857. The van der Waals surface area contributed by atoms with Gasteiger partial charge in [-0.05, 0) is 12.1 Å². The number of carbonyl (C=O) groups excluding carboxylic acids is 1. The van der Waals surface area contributed by atoms with E-state index < -0.39 is 0 Å². The fourth-order valence-corrected chi connectivity index (χ4v) is 1.48. The summed E-state index contributed by atoms with van der Waals surface area (Å²) in [4.78, 5) is 11.2. The smallest absolute Gasteiger partial charge is 0.179 e. The quantitative estimate of drug-likeness (QED) is 0.489. The van der Waals surface area contributed by atoms with Crippen LogP contribution in [0.1, 0.15) is 10.4 Å². The van der Waals surface area contributed by atoms with Gasteiger partial charge in [-0.3, -0.25) is 4.79 Å². The summed E-state index contributed by atoms with van der Waals surface area (Å²) in [6.45, 7) is 0. The van der Waals surface area contributed by atoms with Gasteiger partial charge in [0.25, 0.3) is 0 Å². The molecule has 0 fully saturated rings. The first kappa shape index (κ1) is 10.6. The van der Waals surface area contributed by atoms with Gasteiger partial charge >= 0.3 is 0 Å². The SMILES string of the molecule is Nc1c(Cl)ccc(C(=O)CCl)c1Cl. The summed E-state index contributed by atoms with van der Waals surface area (Å²) in [5.41, 5.74) is 6.03. The first-order valence-electron chi connectivity index (χ1n) is 3.40. The zero-order valence-electron chi connectivity index (χ0n) is 6.48. The molecule has 0 unspecified atom stereocenters. The number of anilines is 1. The monoisotopic (exact) mass is 237 g/mol. The molecule has 0 aliphatic carbocycles. The number of ketones is 1. The van der Waals surface area contributed by atoms with Crippen LogP contribution in [0, 0.1) is 0 Å². The number of benzene rings is 1. The van der Waals surface area contributed by atoms with E-state index in [1.165, 1.54) is 12.1 Å². The van der Waals surface area contributed by atoms with Crippen molar-refractivity contribution < 1.29 is 4.79 Å². The lowest BCUT2D eigenvalue weighted by atomic mass is 10.1. The second-order valence-corrected chi connectivity index (χ2v) is 3.43. The molecule has 0 bridgehead atoms. The highest BCUT2D eigenvalue weighted by atomic mass is 35.5. The summed E-state index contributed by atoms with van der Waals surface area (Å²) in [5, 5.41) is 0.495. The number of hydrogen-bond donors (Lipinski definition) is 1. The molecule has 0 aliphatic heterocycles. The highest BCUT2D eigenvalue weighted by Gasteiger charge is 2.13.